The lowest BCUT2D eigenvalue weighted by atomic mass is 9.87. The molecule has 5 rings (SSSR count). The second-order valence-corrected chi connectivity index (χ2v) is 10.5. The van der Waals surface area contributed by atoms with Crippen LogP contribution >= 0.6 is 0 Å². The van der Waals surface area contributed by atoms with E-state index in [0.29, 0.717) is 17.8 Å². The summed E-state index contributed by atoms with van der Waals surface area (Å²) in [6.45, 7) is 3.84. The summed E-state index contributed by atoms with van der Waals surface area (Å²) in [5, 5.41) is 18.5. The van der Waals surface area contributed by atoms with Gasteiger partial charge >= 0.3 is 0 Å². The third kappa shape index (κ3) is 8.38. The first-order chi connectivity index (χ1) is 17.1. The van der Waals surface area contributed by atoms with E-state index in [-0.39, 0.29) is 18.5 Å². The van der Waals surface area contributed by atoms with E-state index >= 15 is 0 Å². The molecule has 6 heteroatoms. The van der Waals surface area contributed by atoms with Gasteiger partial charge in [-0.1, -0.05) is 49.4 Å². The molecule has 0 aromatic heterocycles. The van der Waals surface area contributed by atoms with Crippen molar-refractivity contribution in [1.29, 1.82) is 0 Å². The van der Waals surface area contributed by atoms with Crippen molar-refractivity contribution in [3.05, 3.63) is 48.0 Å². The number of aryl methyl sites for hydroxylation is 1. The van der Waals surface area contributed by atoms with Crippen LogP contribution in [-0.2, 0) is 25.4 Å². The molecule has 1 aliphatic carbocycles. The summed E-state index contributed by atoms with van der Waals surface area (Å²) < 4.78 is 22.7. The maximum atomic E-state index is 9.86. The predicted octanol–water partition coefficient (Wildman–Crippen LogP) is 4.97. The highest BCUT2D eigenvalue weighted by Gasteiger charge is 2.46. The molecule has 2 N–H and O–H groups in total. The van der Waals surface area contributed by atoms with Gasteiger partial charge in [0.05, 0.1) is 12.2 Å². The van der Waals surface area contributed by atoms with Crippen molar-refractivity contribution < 1.29 is 29.2 Å². The van der Waals surface area contributed by atoms with Gasteiger partial charge in [-0.3, -0.25) is 0 Å². The van der Waals surface area contributed by atoms with Gasteiger partial charge in [0.1, 0.15) is 0 Å². The molecule has 4 fully saturated rings. The number of ether oxygens (including phenoxy) is 4. The van der Waals surface area contributed by atoms with Crippen LogP contribution in [0.15, 0.2) is 42.5 Å². The molecule has 3 saturated heterocycles. The molecule has 4 aliphatic rings. The Hall–Kier alpha value is -1.28. The predicted molar refractivity (Wildman–Crippen MR) is 134 cm³/mol. The quantitative estimate of drug-likeness (QED) is 0.528. The number of hydrogen-bond donors (Lipinski definition) is 2. The zero-order valence-corrected chi connectivity index (χ0v) is 21.2. The lowest BCUT2D eigenvalue weighted by Crippen LogP contribution is -2.27. The Morgan fingerprint density at radius 3 is 2.40 bits per heavy atom. The summed E-state index contributed by atoms with van der Waals surface area (Å²) >= 11 is 0. The van der Waals surface area contributed by atoms with E-state index in [1.54, 1.807) is 0 Å². The van der Waals surface area contributed by atoms with Crippen molar-refractivity contribution in [2.24, 2.45) is 17.8 Å². The second kappa shape index (κ2) is 13.9. The van der Waals surface area contributed by atoms with Crippen LogP contribution in [0.3, 0.4) is 0 Å². The van der Waals surface area contributed by atoms with Gasteiger partial charge in [0, 0.05) is 19.6 Å². The Morgan fingerprint density at radius 2 is 1.74 bits per heavy atom. The van der Waals surface area contributed by atoms with Crippen LogP contribution in [0.4, 0.5) is 0 Å². The maximum absolute atomic E-state index is 9.86. The number of benzene rings is 1. The van der Waals surface area contributed by atoms with Gasteiger partial charge < -0.3 is 29.2 Å². The average Bonchev–Trinajstić information content (AvgIpc) is 3.37. The van der Waals surface area contributed by atoms with Gasteiger partial charge in [0.2, 0.25) is 0 Å². The third-order valence-corrected chi connectivity index (χ3v) is 7.77. The molecule has 3 aliphatic heterocycles. The summed E-state index contributed by atoms with van der Waals surface area (Å²) in [7, 11) is 0. The number of rotatable bonds is 7. The van der Waals surface area contributed by atoms with Crippen molar-refractivity contribution in [3.8, 4) is 0 Å². The van der Waals surface area contributed by atoms with Crippen LogP contribution in [0.5, 0.6) is 0 Å². The number of aliphatic hydroxyl groups excluding tert-OH is 2. The Morgan fingerprint density at radius 1 is 0.971 bits per heavy atom. The van der Waals surface area contributed by atoms with E-state index in [2.05, 4.69) is 49.4 Å². The van der Waals surface area contributed by atoms with Gasteiger partial charge in [-0.05, 0) is 81.1 Å². The first-order valence-electron chi connectivity index (χ1n) is 13.7. The number of aliphatic hydroxyl groups is 2. The van der Waals surface area contributed by atoms with Crippen LogP contribution < -0.4 is 0 Å². The van der Waals surface area contributed by atoms with Crippen molar-refractivity contribution in [3.63, 3.8) is 0 Å². The third-order valence-electron chi connectivity index (χ3n) is 7.77. The van der Waals surface area contributed by atoms with E-state index in [1.807, 2.05) is 0 Å². The van der Waals surface area contributed by atoms with Crippen LogP contribution in [-0.4, -0.2) is 54.5 Å². The van der Waals surface area contributed by atoms with Gasteiger partial charge in [0.15, 0.2) is 18.9 Å². The molecule has 0 bridgehead atoms. The van der Waals surface area contributed by atoms with Crippen LogP contribution in [0.2, 0.25) is 0 Å². The highest BCUT2D eigenvalue weighted by atomic mass is 16.7. The molecule has 0 amide bonds. The van der Waals surface area contributed by atoms with Crippen molar-refractivity contribution in [1.82, 2.24) is 0 Å². The molecule has 35 heavy (non-hydrogen) atoms. The van der Waals surface area contributed by atoms with Crippen molar-refractivity contribution >= 4 is 0 Å². The molecule has 6 nitrogen and oxygen atoms in total. The van der Waals surface area contributed by atoms with E-state index in [4.69, 9.17) is 24.1 Å². The van der Waals surface area contributed by atoms with Gasteiger partial charge in [-0.15, -0.1) is 0 Å². The highest BCUT2D eigenvalue weighted by molar-refractivity contribution is 5.15. The number of hydrogen-bond acceptors (Lipinski definition) is 6. The van der Waals surface area contributed by atoms with Gasteiger partial charge in [-0.2, -0.15) is 0 Å². The van der Waals surface area contributed by atoms with E-state index < -0.39 is 12.6 Å². The monoisotopic (exact) mass is 488 g/mol. The lowest BCUT2D eigenvalue weighted by molar-refractivity contribution is -0.179. The lowest BCUT2D eigenvalue weighted by Gasteiger charge is -2.27. The second-order valence-electron chi connectivity index (χ2n) is 10.5. The minimum Gasteiger partial charge on any atom is -0.368 e. The normalized spacial score (nSPS) is 35.9. The largest absolute Gasteiger partial charge is 0.368 e. The molecule has 0 radical (unpaired) electrons. The molecule has 1 aromatic rings. The first-order valence-corrected chi connectivity index (χ1v) is 13.7. The minimum atomic E-state index is -0.584. The maximum Gasteiger partial charge on any atom is 0.158 e. The smallest absolute Gasteiger partial charge is 0.158 e. The molecular formula is C29H44O6. The van der Waals surface area contributed by atoms with Crippen LogP contribution in [0.1, 0.15) is 70.3 Å². The van der Waals surface area contributed by atoms with Crippen molar-refractivity contribution in [2.45, 2.75) is 102 Å². The SMILES string of the molecule is C[C@@H]1C[C@@H]2OC(O)C[C@@H]2[C@H]1/C=C/[C@H](CCc1ccccc1)OC1CCCCO1.OC1CCCCO1. The summed E-state index contributed by atoms with van der Waals surface area (Å²) in [4.78, 5) is 0. The standard InChI is InChI=1S/C24H34O4.C5H10O2/c1-17-15-22-21(16-23(25)28-22)20(17)13-12-19(27-24-9-5-6-14-26-24)11-10-18-7-3-2-4-8-18;6-5-3-1-2-4-7-5/h2-4,7-8,12-13,17,19-25H,5-6,9-11,14-16H2,1H3;5-6H,1-4H2/b13-12+;/t17-,19+,20+,21-,22+,23?,24?;/m1./s1. The van der Waals surface area contributed by atoms with Gasteiger partial charge in [0.25, 0.3) is 0 Å². The zero-order valence-electron chi connectivity index (χ0n) is 21.2. The summed E-state index contributed by atoms with van der Waals surface area (Å²) in [6, 6.07) is 10.6. The number of fused-ring (bicyclic) bond motifs is 1. The van der Waals surface area contributed by atoms with Crippen molar-refractivity contribution in [2.75, 3.05) is 13.2 Å². The first kappa shape index (κ1) is 26.8. The Bertz CT molecular complexity index is 743. The molecule has 8 atom stereocenters. The molecule has 1 aromatic carbocycles. The van der Waals surface area contributed by atoms with Gasteiger partial charge in [-0.25, -0.2) is 0 Å². The van der Waals surface area contributed by atoms with E-state index in [0.717, 1.165) is 71.0 Å². The van der Waals surface area contributed by atoms with E-state index in [9.17, 15) is 5.11 Å². The fraction of sp³-hybridized carbons (Fsp3) is 0.724. The highest BCUT2D eigenvalue weighted by Crippen LogP contribution is 2.46. The topological polar surface area (TPSA) is 77.4 Å². The molecule has 1 saturated carbocycles. The fourth-order valence-corrected chi connectivity index (χ4v) is 5.81. The fourth-order valence-electron chi connectivity index (χ4n) is 5.81. The Kier molecular flexibility index (Phi) is 10.6. The Balaban J connectivity index is 0.000000356. The minimum absolute atomic E-state index is 0.0572. The molecular weight excluding hydrogens is 444 g/mol. The Labute approximate surface area is 210 Å². The zero-order chi connectivity index (χ0) is 24.5. The van der Waals surface area contributed by atoms with Crippen LogP contribution in [0, 0.1) is 17.8 Å². The molecule has 0 spiro atoms. The summed E-state index contributed by atoms with van der Waals surface area (Å²) in [5.41, 5.74) is 1.34. The van der Waals surface area contributed by atoms with Crippen LogP contribution in [0.25, 0.3) is 0 Å². The van der Waals surface area contributed by atoms with E-state index in [1.165, 1.54) is 12.0 Å². The number of allylic oxidation sites excluding steroid dienone is 1. The average molecular weight is 489 g/mol. The summed E-state index contributed by atoms with van der Waals surface area (Å²) in [5.74, 6) is 1.47. The molecule has 196 valence electrons. The summed E-state index contributed by atoms with van der Waals surface area (Å²) in [6.07, 6.45) is 13.8. The molecule has 3 heterocycles. The molecule has 3 unspecified atom stereocenters.